The van der Waals surface area contributed by atoms with Crippen molar-refractivity contribution >= 4 is 5.97 Å². The van der Waals surface area contributed by atoms with E-state index in [1.54, 1.807) is 0 Å². The number of carboxylic acids is 1. The van der Waals surface area contributed by atoms with Crippen molar-refractivity contribution in [3.05, 3.63) is 0 Å². The van der Waals surface area contributed by atoms with E-state index in [2.05, 4.69) is 0 Å². The maximum Gasteiger partial charge on any atom is 0.303 e. The Morgan fingerprint density at radius 3 is 2.69 bits per heavy atom. The number of ether oxygens (including phenoxy) is 1. The lowest BCUT2D eigenvalue weighted by Crippen LogP contribution is -2.13. The molecule has 1 rings (SSSR count). The SMILES string of the molecule is O=C(O)CCCOCCC1CCC1. The van der Waals surface area contributed by atoms with Crippen molar-refractivity contribution in [2.24, 2.45) is 5.92 Å². The number of rotatable bonds is 7. The third kappa shape index (κ3) is 4.88. The molecule has 0 spiro atoms. The molecule has 1 aliphatic carbocycles. The Kier molecular flexibility index (Phi) is 4.83. The van der Waals surface area contributed by atoms with E-state index in [0.29, 0.717) is 13.0 Å². The van der Waals surface area contributed by atoms with E-state index >= 15 is 0 Å². The maximum atomic E-state index is 10.1. The summed E-state index contributed by atoms with van der Waals surface area (Å²) < 4.78 is 5.33. The molecule has 0 aliphatic heterocycles. The summed E-state index contributed by atoms with van der Waals surface area (Å²) >= 11 is 0. The van der Waals surface area contributed by atoms with Crippen LogP contribution in [0.3, 0.4) is 0 Å². The lowest BCUT2D eigenvalue weighted by atomic mass is 9.83. The fourth-order valence-corrected chi connectivity index (χ4v) is 1.46. The Morgan fingerprint density at radius 2 is 2.15 bits per heavy atom. The van der Waals surface area contributed by atoms with Crippen molar-refractivity contribution < 1.29 is 14.6 Å². The predicted molar refractivity (Wildman–Crippen MR) is 49.6 cm³/mol. The Morgan fingerprint density at radius 1 is 1.38 bits per heavy atom. The van der Waals surface area contributed by atoms with Crippen molar-refractivity contribution in [2.75, 3.05) is 13.2 Å². The van der Waals surface area contributed by atoms with Gasteiger partial charge >= 0.3 is 5.97 Å². The minimum atomic E-state index is -0.734. The van der Waals surface area contributed by atoms with Crippen LogP contribution in [0, 0.1) is 5.92 Å². The van der Waals surface area contributed by atoms with Gasteiger partial charge in [-0.15, -0.1) is 0 Å². The van der Waals surface area contributed by atoms with Gasteiger partial charge in [-0.25, -0.2) is 0 Å². The van der Waals surface area contributed by atoms with E-state index in [4.69, 9.17) is 9.84 Å². The third-order valence-corrected chi connectivity index (χ3v) is 2.57. The molecule has 0 saturated heterocycles. The van der Waals surface area contributed by atoms with Crippen LogP contribution in [0.15, 0.2) is 0 Å². The minimum absolute atomic E-state index is 0.226. The zero-order chi connectivity index (χ0) is 9.52. The maximum absolute atomic E-state index is 10.1. The summed E-state index contributed by atoms with van der Waals surface area (Å²) in [6, 6.07) is 0. The molecule has 3 nitrogen and oxygen atoms in total. The molecule has 1 N–H and O–H groups in total. The Hall–Kier alpha value is -0.570. The van der Waals surface area contributed by atoms with E-state index < -0.39 is 5.97 Å². The summed E-state index contributed by atoms with van der Waals surface area (Å²) in [5.41, 5.74) is 0. The second-order valence-electron chi connectivity index (χ2n) is 3.70. The van der Waals surface area contributed by atoms with Crippen LogP contribution in [0.5, 0.6) is 0 Å². The Bertz CT molecular complexity index is 152. The normalized spacial score (nSPS) is 16.9. The van der Waals surface area contributed by atoms with Gasteiger partial charge in [0.05, 0.1) is 0 Å². The van der Waals surface area contributed by atoms with Crippen LogP contribution < -0.4 is 0 Å². The van der Waals surface area contributed by atoms with E-state index in [9.17, 15) is 4.79 Å². The fraction of sp³-hybridized carbons (Fsp3) is 0.900. The van der Waals surface area contributed by atoms with Gasteiger partial charge in [0.2, 0.25) is 0 Å². The average molecular weight is 186 g/mol. The topological polar surface area (TPSA) is 46.5 Å². The van der Waals surface area contributed by atoms with Crippen LogP contribution in [0.2, 0.25) is 0 Å². The summed E-state index contributed by atoms with van der Waals surface area (Å²) in [5.74, 6) is 0.155. The largest absolute Gasteiger partial charge is 0.481 e. The number of hydrogen-bond donors (Lipinski definition) is 1. The lowest BCUT2D eigenvalue weighted by molar-refractivity contribution is -0.137. The molecule has 1 fully saturated rings. The Labute approximate surface area is 79.1 Å². The summed E-state index contributed by atoms with van der Waals surface area (Å²) in [6.07, 6.45) is 6.12. The van der Waals surface area contributed by atoms with E-state index in [1.807, 2.05) is 0 Å². The highest BCUT2D eigenvalue weighted by Gasteiger charge is 2.16. The third-order valence-electron chi connectivity index (χ3n) is 2.57. The van der Waals surface area contributed by atoms with Gasteiger partial charge in [0.25, 0.3) is 0 Å². The first kappa shape index (κ1) is 10.5. The number of aliphatic carboxylic acids is 1. The van der Waals surface area contributed by atoms with Crippen molar-refractivity contribution in [1.29, 1.82) is 0 Å². The van der Waals surface area contributed by atoms with Crippen molar-refractivity contribution in [2.45, 2.75) is 38.5 Å². The molecule has 0 atom stereocenters. The molecule has 0 radical (unpaired) electrons. The Balaban J connectivity index is 1.75. The predicted octanol–water partition coefficient (Wildman–Crippen LogP) is 2.06. The van der Waals surface area contributed by atoms with Crippen LogP contribution in [-0.4, -0.2) is 24.3 Å². The van der Waals surface area contributed by atoms with Crippen LogP contribution in [-0.2, 0) is 9.53 Å². The molecule has 0 bridgehead atoms. The average Bonchev–Trinajstić information content (AvgIpc) is 1.99. The van der Waals surface area contributed by atoms with Gasteiger partial charge in [0, 0.05) is 19.6 Å². The molecular weight excluding hydrogens is 168 g/mol. The highest BCUT2D eigenvalue weighted by Crippen LogP contribution is 2.29. The van der Waals surface area contributed by atoms with Gasteiger partial charge in [0.1, 0.15) is 0 Å². The van der Waals surface area contributed by atoms with E-state index in [0.717, 1.165) is 18.9 Å². The second kappa shape index (κ2) is 5.97. The molecule has 1 saturated carbocycles. The van der Waals surface area contributed by atoms with Gasteiger partial charge in [-0.1, -0.05) is 19.3 Å². The summed E-state index contributed by atoms with van der Waals surface area (Å²) in [4.78, 5) is 10.1. The molecule has 76 valence electrons. The van der Waals surface area contributed by atoms with Crippen molar-refractivity contribution in [3.8, 4) is 0 Å². The first-order chi connectivity index (χ1) is 6.29. The molecular formula is C10H18O3. The first-order valence-electron chi connectivity index (χ1n) is 5.08. The molecule has 13 heavy (non-hydrogen) atoms. The monoisotopic (exact) mass is 186 g/mol. The summed E-state index contributed by atoms with van der Waals surface area (Å²) in [5, 5.41) is 8.35. The smallest absolute Gasteiger partial charge is 0.303 e. The van der Waals surface area contributed by atoms with Crippen molar-refractivity contribution in [3.63, 3.8) is 0 Å². The molecule has 0 aromatic carbocycles. The quantitative estimate of drug-likeness (QED) is 0.619. The first-order valence-corrected chi connectivity index (χ1v) is 5.08. The zero-order valence-corrected chi connectivity index (χ0v) is 8.00. The van der Waals surface area contributed by atoms with Gasteiger partial charge in [-0.3, -0.25) is 4.79 Å². The van der Waals surface area contributed by atoms with Gasteiger partial charge in [-0.2, -0.15) is 0 Å². The standard InChI is InChI=1S/C10H18O3/c11-10(12)5-2-7-13-8-6-9-3-1-4-9/h9H,1-8H2,(H,11,12). The van der Waals surface area contributed by atoms with Gasteiger partial charge < -0.3 is 9.84 Å². The van der Waals surface area contributed by atoms with Gasteiger partial charge in [0.15, 0.2) is 0 Å². The molecule has 0 aromatic rings. The minimum Gasteiger partial charge on any atom is -0.481 e. The summed E-state index contributed by atoms with van der Waals surface area (Å²) in [7, 11) is 0. The fourth-order valence-electron chi connectivity index (χ4n) is 1.46. The van der Waals surface area contributed by atoms with Crippen LogP contribution in [0.1, 0.15) is 38.5 Å². The number of carbonyl (C=O) groups is 1. The van der Waals surface area contributed by atoms with Gasteiger partial charge in [-0.05, 0) is 18.8 Å². The van der Waals surface area contributed by atoms with Crippen LogP contribution in [0.4, 0.5) is 0 Å². The van der Waals surface area contributed by atoms with E-state index in [1.165, 1.54) is 19.3 Å². The lowest BCUT2D eigenvalue weighted by Gasteiger charge is -2.24. The van der Waals surface area contributed by atoms with Crippen LogP contribution >= 0.6 is 0 Å². The highest BCUT2D eigenvalue weighted by atomic mass is 16.5. The second-order valence-corrected chi connectivity index (χ2v) is 3.70. The number of hydrogen-bond acceptors (Lipinski definition) is 2. The van der Waals surface area contributed by atoms with Crippen molar-refractivity contribution in [1.82, 2.24) is 0 Å². The molecule has 0 unspecified atom stereocenters. The highest BCUT2D eigenvalue weighted by molar-refractivity contribution is 5.66. The van der Waals surface area contributed by atoms with E-state index in [-0.39, 0.29) is 6.42 Å². The molecule has 0 aromatic heterocycles. The molecule has 1 aliphatic rings. The number of carboxylic acid groups (broad SMARTS) is 1. The van der Waals surface area contributed by atoms with Crippen LogP contribution in [0.25, 0.3) is 0 Å². The molecule has 0 amide bonds. The zero-order valence-electron chi connectivity index (χ0n) is 8.00. The molecule has 3 heteroatoms. The molecule has 0 heterocycles. The summed E-state index contributed by atoms with van der Waals surface area (Å²) in [6.45, 7) is 1.41.